The van der Waals surface area contributed by atoms with Crippen molar-refractivity contribution in [3.63, 3.8) is 0 Å². The summed E-state index contributed by atoms with van der Waals surface area (Å²) in [6, 6.07) is 4.55. The molecule has 1 aliphatic rings. The van der Waals surface area contributed by atoms with E-state index in [-0.39, 0.29) is 5.56 Å². The van der Waals surface area contributed by atoms with Crippen molar-refractivity contribution in [2.45, 2.75) is 39.8 Å². The molecule has 0 saturated carbocycles. The number of thioether (sulfide) groups is 1. The third-order valence-electron chi connectivity index (χ3n) is 3.90. The predicted octanol–water partition coefficient (Wildman–Crippen LogP) is 5.83. The molecule has 1 aromatic rings. The Morgan fingerprint density at radius 2 is 2.00 bits per heavy atom. The van der Waals surface area contributed by atoms with Crippen LogP contribution in [0.4, 0.5) is 13.2 Å². The van der Waals surface area contributed by atoms with E-state index in [1.165, 1.54) is 30.0 Å². The summed E-state index contributed by atoms with van der Waals surface area (Å²) in [5, 5.41) is 0.779. The first-order valence-corrected chi connectivity index (χ1v) is 8.62. The Morgan fingerprint density at radius 3 is 2.62 bits per heavy atom. The van der Waals surface area contributed by atoms with E-state index in [0.29, 0.717) is 0 Å². The van der Waals surface area contributed by atoms with Crippen LogP contribution in [0.25, 0.3) is 0 Å². The molecule has 0 aromatic heterocycles. The van der Waals surface area contributed by atoms with Crippen LogP contribution < -0.4 is 0 Å². The minimum absolute atomic E-state index is 0.0515. The van der Waals surface area contributed by atoms with Crippen molar-refractivity contribution in [2.24, 2.45) is 0 Å². The summed E-state index contributed by atoms with van der Waals surface area (Å²) < 4.78 is 38.4. The quantitative estimate of drug-likeness (QED) is 0.489. The van der Waals surface area contributed by atoms with Gasteiger partial charge in [-0.25, -0.2) is 0 Å². The second-order valence-corrected chi connectivity index (χ2v) is 6.91. The van der Waals surface area contributed by atoms with Crippen LogP contribution in [-0.4, -0.2) is 17.2 Å². The molecule has 0 amide bonds. The molecule has 0 aliphatic carbocycles. The monoisotopic (exact) mass is 355 g/mol. The first kappa shape index (κ1) is 18.6. The number of carbonyl (C=O) groups excluding carboxylic acids is 1. The molecule has 1 aliphatic heterocycles. The fraction of sp³-hybridized carbons (Fsp3) is 0.389. The maximum Gasteiger partial charge on any atom is 0.416 e. The molecule has 0 N–H and O–H groups in total. The number of unbranched alkanes of at least 4 members (excludes halogenated alkanes) is 1. The number of benzene rings is 1. The topological polar surface area (TPSA) is 20.3 Å². The van der Waals surface area contributed by atoms with Crippen LogP contribution in [0.2, 0.25) is 0 Å². The number of alkyl halides is 3. The summed E-state index contributed by atoms with van der Waals surface area (Å²) >= 11 is 1.49. The number of allylic oxidation sites excluding steroid dienone is 3. The van der Waals surface area contributed by atoms with Crippen molar-refractivity contribution < 1.29 is 18.0 Å². The Kier molecular flexibility index (Phi) is 5.80. The van der Waals surface area contributed by atoms with Crippen molar-refractivity contribution in [1.82, 2.24) is 4.90 Å². The van der Waals surface area contributed by atoms with Crippen LogP contribution in [0.1, 0.15) is 49.5 Å². The van der Waals surface area contributed by atoms with E-state index < -0.39 is 17.5 Å². The number of hydrogen-bond donors (Lipinski definition) is 0. The van der Waals surface area contributed by atoms with Gasteiger partial charge in [0, 0.05) is 28.8 Å². The highest BCUT2D eigenvalue weighted by molar-refractivity contribution is 8.06. The van der Waals surface area contributed by atoms with Gasteiger partial charge in [-0.05, 0) is 32.4 Å². The van der Waals surface area contributed by atoms with Gasteiger partial charge in [-0.15, -0.1) is 0 Å². The average molecular weight is 355 g/mol. The highest BCUT2D eigenvalue weighted by Gasteiger charge is 2.31. The van der Waals surface area contributed by atoms with Gasteiger partial charge in [-0.2, -0.15) is 13.2 Å². The molecule has 2 rings (SSSR count). The summed E-state index contributed by atoms with van der Waals surface area (Å²) in [6.45, 7) is 6.86. The number of hydrogen-bond acceptors (Lipinski definition) is 3. The lowest BCUT2D eigenvalue weighted by atomic mass is 10.1. The van der Waals surface area contributed by atoms with E-state index in [0.717, 1.165) is 47.2 Å². The second kappa shape index (κ2) is 7.47. The van der Waals surface area contributed by atoms with Gasteiger partial charge >= 0.3 is 6.18 Å². The molecule has 0 atom stereocenters. The highest BCUT2D eigenvalue weighted by atomic mass is 32.2. The SMILES string of the molecule is CCCCN1C(C)=C(C)S/C1=C\C(=O)c1cccc(C(F)(F)F)c1. The van der Waals surface area contributed by atoms with Gasteiger partial charge < -0.3 is 4.90 Å². The van der Waals surface area contributed by atoms with E-state index in [2.05, 4.69) is 11.8 Å². The summed E-state index contributed by atoms with van der Waals surface area (Å²) in [5.41, 5.74) is 0.339. The normalized spacial score (nSPS) is 17.1. The molecule has 6 heteroatoms. The Balaban J connectivity index is 2.26. The van der Waals surface area contributed by atoms with E-state index in [1.807, 2.05) is 13.8 Å². The Morgan fingerprint density at radius 1 is 1.29 bits per heavy atom. The van der Waals surface area contributed by atoms with Crippen molar-refractivity contribution >= 4 is 17.5 Å². The van der Waals surface area contributed by atoms with Gasteiger partial charge in [-0.1, -0.05) is 37.2 Å². The van der Waals surface area contributed by atoms with Crippen LogP contribution in [0.15, 0.2) is 46.0 Å². The van der Waals surface area contributed by atoms with Crippen LogP contribution >= 0.6 is 11.8 Å². The number of carbonyl (C=O) groups is 1. The summed E-state index contributed by atoms with van der Waals surface area (Å²) in [7, 11) is 0. The van der Waals surface area contributed by atoms with E-state index in [4.69, 9.17) is 0 Å². The van der Waals surface area contributed by atoms with Crippen LogP contribution in [0, 0.1) is 0 Å². The summed E-state index contributed by atoms with van der Waals surface area (Å²) in [4.78, 5) is 15.6. The molecule has 2 nitrogen and oxygen atoms in total. The third kappa shape index (κ3) is 4.23. The van der Waals surface area contributed by atoms with E-state index in [9.17, 15) is 18.0 Å². The van der Waals surface area contributed by atoms with E-state index in [1.54, 1.807) is 0 Å². The van der Waals surface area contributed by atoms with Crippen molar-refractivity contribution in [1.29, 1.82) is 0 Å². The minimum Gasteiger partial charge on any atom is -0.339 e. The molecule has 0 bridgehead atoms. The van der Waals surface area contributed by atoms with Crippen molar-refractivity contribution in [3.05, 3.63) is 57.1 Å². The summed E-state index contributed by atoms with van der Waals surface area (Å²) in [5.74, 6) is -0.410. The van der Waals surface area contributed by atoms with Crippen LogP contribution in [0.3, 0.4) is 0 Å². The van der Waals surface area contributed by atoms with Crippen LogP contribution in [0.5, 0.6) is 0 Å². The zero-order valence-electron chi connectivity index (χ0n) is 13.9. The largest absolute Gasteiger partial charge is 0.416 e. The molecule has 0 unspecified atom stereocenters. The first-order valence-electron chi connectivity index (χ1n) is 7.80. The maximum absolute atomic E-state index is 12.8. The lowest BCUT2D eigenvalue weighted by Crippen LogP contribution is -2.18. The average Bonchev–Trinajstić information content (AvgIpc) is 2.79. The predicted molar refractivity (Wildman–Crippen MR) is 91.4 cm³/mol. The molecule has 0 saturated heterocycles. The highest BCUT2D eigenvalue weighted by Crippen LogP contribution is 2.41. The molecule has 1 heterocycles. The number of halogens is 3. The second-order valence-electron chi connectivity index (χ2n) is 5.67. The number of nitrogens with zero attached hydrogens (tertiary/aromatic N) is 1. The van der Waals surface area contributed by atoms with E-state index >= 15 is 0 Å². The molecule has 1 aromatic carbocycles. The lowest BCUT2D eigenvalue weighted by Gasteiger charge is -2.21. The molecular formula is C18H20F3NOS. The molecule has 0 radical (unpaired) electrons. The molecular weight excluding hydrogens is 335 g/mol. The Bertz CT molecular complexity index is 692. The van der Waals surface area contributed by atoms with Gasteiger partial charge in [0.15, 0.2) is 5.78 Å². The lowest BCUT2D eigenvalue weighted by molar-refractivity contribution is -0.137. The van der Waals surface area contributed by atoms with Gasteiger partial charge in [-0.3, -0.25) is 4.79 Å². The minimum atomic E-state index is -4.45. The van der Waals surface area contributed by atoms with Gasteiger partial charge in [0.1, 0.15) is 0 Å². The van der Waals surface area contributed by atoms with Crippen molar-refractivity contribution in [2.75, 3.05) is 6.54 Å². The fourth-order valence-corrected chi connectivity index (χ4v) is 3.46. The third-order valence-corrected chi connectivity index (χ3v) is 5.05. The summed E-state index contributed by atoms with van der Waals surface area (Å²) in [6.07, 6.45) is -0.994. The van der Waals surface area contributed by atoms with Crippen molar-refractivity contribution in [3.8, 4) is 0 Å². The standard InChI is InChI=1S/C18H20F3NOS/c1-4-5-9-22-12(2)13(3)24-17(22)11-16(23)14-7-6-8-15(10-14)18(19,20)21/h6-8,10-11H,4-5,9H2,1-3H3/b17-11-. The van der Waals surface area contributed by atoms with Crippen LogP contribution in [-0.2, 0) is 6.18 Å². The number of rotatable bonds is 5. The van der Waals surface area contributed by atoms with Gasteiger partial charge in [0.2, 0.25) is 0 Å². The maximum atomic E-state index is 12.8. The molecule has 24 heavy (non-hydrogen) atoms. The first-order chi connectivity index (χ1) is 11.2. The Labute approximate surface area is 144 Å². The molecule has 0 fully saturated rings. The fourth-order valence-electron chi connectivity index (χ4n) is 2.39. The smallest absolute Gasteiger partial charge is 0.339 e. The Hall–Kier alpha value is -1.69. The molecule has 0 spiro atoms. The molecule has 130 valence electrons. The van der Waals surface area contributed by atoms with Gasteiger partial charge in [0.25, 0.3) is 0 Å². The number of ketones is 1. The van der Waals surface area contributed by atoms with Gasteiger partial charge in [0.05, 0.1) is 10.6 Å². The zero-order valence-corrected chi connectivity index (χ0v) is 14.7. The zero-order chi connectivity index (χ0) is 17.9.